The van der Waals surface area contributed by atoms with Crippen LogP contribution in [-0.4, -0.2) is 45.0 Å². The summed E-state index contributed by atoms with van der Waals surface area (Å²) < 4.78 is 44.5. The summed E-state index contributed by atoms with van der Waals surface area (Å²) in [6.45, 7) is 3.03. The summed E-state index contributed by atoms with van der Waals surface area (Å²) in [5.41, 5.74) is 4.03. The predicted octanol–water partition coefficient (Wildman–Crippen LogP) is 2.30. The number of hydrogen-bond donors (Lipinski definition) is 1. The zero-order valence-electron chi connectivity index (χ0n) is 16.1. The van der Waals surface area contributed by atoms with Crippen molar-refractivity contribution in [1.82, 2.24) is 9.73 Å². The molecule has 0 aromatic heterocycles. The minimum atomic E-state index is -3.79. The number of nitrogens with zero attached hydrogens (tertiary/aromatic N) is 2. The van der Waals surface area contributed by atoms with Crippen molar-refractivity contribution in [2.75, 3.05) is 20.7 Å². The fraction of sp³-hybridized carbons (Fsp3) is 0.263. The number of amides is 1. The van der Waals surface area contributed by atoms with E-state index in [1.807, 2.05) is 6.92 Å². The van der Waals surface area contributed by atoms with Gasteiger partial charge in [0.1, 0.15) is 0 Å². The molecule has 1 amide bonds. The molecule has 28 heavy (non-hydrogen) atoms. The van der Waals surface area contributed by atoms with E-state index in [9.17, 15) is 17.6 Å². The predicted molar refractivity (Wildman–Crippen MR) is 104 cm³/mol. The molecule has 0 fully saturated rings. The molecule has 0 spiro atoms. The summed E-state index contributed by atoms with van der Waals surface area (Å²) in [4.78, 5) is 12.2. The Kier molecular flexibility index (Phi) is 6.87. The fourth-order valence-corrected chi connectivity index (χ4v) is 3.44. The molecule has 1 N–H and O–H groups in total. The Morgan fingerprint density at radius 3 is 2.43 bits per heavy atom. The second-order valence-corrected chi connectivity index (χ2v) is 8.20. The van der Waals surface area contributed by atoms with E-state index < -0.39 is 28.3 Å². The highest BCUT2D eigenvalue weighted by molar-refractivity contribution is 7.89. The third kappa shape index (κ3) is 5.14. The largest absolute Gasteiger partial charge is 0.494 e. The minimum absolute atomic E-state index is 0.0989. The number of carbonyl (C=O) groups excluding carboxylic acids is 1. The SMILES string of the molecule is COc1ccc(/C(C)=N\NC(=O)CN(C)S(=O)(=O)c2ccc(C)cc2)cc1F. The highest BCUT2D eigenvalue weighted by Crippen LogP contribution is 2.18. The molecule has 0 aliphatic heterocycles. The van der Waals surface area contributed by atoms with Gasteiger partial charge in [0.15, 0.2) is 11.6 Å². The van der Waals surface area contributed by atoms with E-state index in [0.717, 1.165) is 9.87 Å². The van der Waals surface area contributed by atoms with E-state index in [-0.39, 0.29) is 10.6 Å². The molecule has 0 radical (unpaired) electrons. The van der Waals surface area contributed by atoms with E-state index in [0.29, 0.717) is 11.3 Å². The van der Waals surface area contributed by atoms with Crippen LogP contribution < -0.4 is 10.2 Å². The highest BCUT2D eigenvalue weighted by atomic mass is 32.2. The molecule has 7 nitrogen and oxygen atoms in total. The van der Waals surface area contributed by atoms with Gasteiger partial charge in [0.05, 0.1) is 24.3 Å². The van der Waals surface area contributed by atoms with Crippen LogP contribution in [0.15, 0.2) is 52.5 Å². The molecule has 2 aromatic carbocycles. The van der Waals surface area contributed by atoms with Gasteiger partial charge < -0.3 is 4.74 Å². The fourth-order valence-electron chi connectivity index (χ4n) is 2.31. The normalized spacial score (nSPS) is 12.1. The van der Waals surface area contributed by atoms with Crippen LogP contribution in [0.5, 0.6) is 5.75 Å². The summed E-state index contributed by atoms with van der Waals surface area (Å²) >= 11 is 0. The highest BCUT2D eigenvalue weighted by Gasteiger charge is 2.22. The number of rotatable bonds is 7. The van der Waals surface area contributed by atoms with Gasteiger partial charge in [-0.25, -0.2) is 18.2 Å². The quantitative estimate of drug-likeness (QED) is 0.564. The third-order valence-corrected chi connectivity index (χ3v) is 5.83. The van der Waals surface area contributed by atoms with Gasteiger partial charge in [-0.15, -0.1) is 0 Å². The van der Waals surface area contributed by atoms with Crippen molar-refractivity contribution >= 4 is 21.6 Å². The van der Waals surface area contributed by atoms with Crippen LogP contribution in [0.1, 0.15) is 18.1 Å². The van der Waals surface area contributed by atoms with Crippen LogP contribution in [0.25, 0.3) is 0 Å². The standard InChI is InChI=1S/C19H22FN3O4S/c1-13-5-8-16(9-6-13)28(25,26)23(3)12-19(24)22-21-14(2)15-7-10-18(27-4)17(20)11-15/h5-11H,12H2,1-4H3,(H,22,24)/b21-14-. The van der Waals surface area contributed by atoms with E-state index >= 15 is 0 Å². The molecule has 0 unspecified atom stereocenters. The van der Waals surface area contributed by atoms with Gasteiger partial charge in [-0.1, -0.05) is 17.7 Å². The first-order chi connectivity index (χ1) is 13.1. The van der Waals surface area contributed by atoms with Crippen molar-refractivity contribution in [1.29, 1.82) is 0 Å². The Bertz CT molecular complexity index is 989. The minimum Gasteiger partial charge on any atom is -0.494 e. The van der Waals surface area contributed by atoms with Crippen molar-refractivity contribution < 1.29 is 22.3 Å². The molecule has 0 heterocycles. The van der Waals surface area contributed by atoms with Gasteiger partial charge in [-0.05, 0) is 44.2 Å². The van der Waals surface area contributed by atoms with E-state index in [4.69, 9.17) is 4.74 Å². The third-order valence-electron chi connectivity index (χ3n) is 4.01. The van der Waals surface area contributed by atoms with Gasteiger partial charge in [-0.2, -0.15) is 9.41 Å². The average molecular weight is 407 g/mol. The molecule has 0 aliphatic rings. The summed E-state index contributed by atoms with van der Waals surface area (Å²) in [5.74, 6) is -1.07. The van der Waals surface area contributed by atoms with Crippen LogP contribution in [0.2, 0.25) is 0 Å². The van der Waals surface area contributed by atoms with Crippen molar-refractivity contribution in [3.05, 3.63) is 59.4 Å². The van der Waals surface area contributed by atoms with Crippen LogP contribution in [0.3, 0.4) is 0 Å². The van der Waals surface area contributed by atoms with Crippen LogP contribution in [0.4, 0.5) is 4.39 Å². The van der Waals surface area contributed by atoms with Gasteiger partial charge in [0.2, 0.25) is 10.0 Å². The van der Waals surface area contributed by atoms with Crippen molar-refractivity contribution in [2.45, 2.75) is 18.7 Å². The zero-order valence-corrected chi connectivity index (χ0v) is 16.9. The number of aryl methyl sites for hydroxylation is 1. The maximum absolute atomic E-state index is 13.8. The van der Waals surface area contributed by atoms with Crippen LogP contribution in [-0.2, 0) is 14.8 Å². The Balaban J connectivity index is 2.03. The molecule has 0 bridgehead atoms. The number of benzene rings is 2. The molecule has 2 rings (SSSR count). The van der Waals surface area contributed by atoms with Gasteiger partial charge in [0, 0.05) is 12.6 Å². The summed E-state index contributed by atoms with van der Waals surface area (Å²) in [6, 6.07) is 10.6. The summed E-state index contributed by atoms with van der Waals surface area (Å²) in [7, 11) is -1.12. The number of ether oxygens (including phenoxy) is 1. The van der Waals surface area contributed by atoms with E-state index in [2.05, 4.69) is 10.5 Å². The molecule has 2 aromatic rings. The molecular weight excluding hydrogens is 385 g/mol. The topological polar surface area (TPSA) is 88.1 Å². The second-order valence-electron chi connectivity index (χ2n) is 6.16. The number of sulfonamides is 1. The number of likely N-dealkylation sites (N-methyl/N-ethyl adjacent to an activating group) is 1. The zero-order chi connectivity index (χ0) is 20.9. The maximum atomic E-state index is 13.8. The first-order valence-corrected chi connectivity index (χ1v) is 9.79. The lowest BCUT2D eigenvalue weighted by Gasteiger charge is -2.16. The van der Waals surface area contributed by atoms with Gasteiger partial charge in [0.25, 0.3) is 5.91 Å². The van der Waals surface area contributed by atoms with Crippen LogP contribution in [0, 0.1) is 12.7 Å². The smallest absolute Gasteiger partial charge is 0.255 e. The molecule has 150 valence electrons. The Morgan fingerprint density at radius 1 is 1.21 bits per heavy atom. The molecule has 0 aliphatic carbocycles. The second kappa shape index (κ2) is 8.94. The molecule has 0 atom stereocenters. The molecule has 0 saturated heterocycles. The molecule has 0 saturated carbocycles. The monoisotopic (exact) mass is 407 g/mol. The molecular formula is C19H22FN3O4S. The van der Waals surface area contributed by atoms with Gasteiger partial charge in [-0.3, -0.25) is 4.79 Å². The van der Waals surface area contributed by atoms with Crippen molar-refractivity contribution in [2.24, 2.45) is 5.10 Å². The number of nitrogens with one attached hydrogen (secondary N) is 1. The maximum Gasteiger partial charge on any atom is 0.255 e. The lowest BCUT2D eigenvalue weighted by atomic mass is 10.1. The Hall–Kier alpha value is -2.78. The Labute approximate surface area is 163 Å². The van der Waals surface area contributed by atoms with E-state index in [1.54, 1.807) is 25.1 Å². The summed E-state index contributed by atoms with van der Waals surface area (Å²) in [6.07, 6.45) is 0. The van der Waals surface area contributed by atoms with E-state index in [1.165, 1.54) is 38.4 Å². The number of carbonyl (C=O) groups is 1. The average Bonchev–Trinajstić information content (AvgIpc) is 2.66. The summed E-state index contributed by atoms with van der Waals surface area (Å²) in [5, 5.41) is 3.90. The number of hydrazone groups is 1. The Morgan fingerprint density at radius 2 is 1.86 bits per heavy atom. The number of methoxy groups -OCH3 is 1. The molecule has 9 heteroatoms. The van der Waals surface area contributed by atoms with Crippen molar-refractivity contribution in [3.63, 3.8) is 0 Å². The first-order valence-electron chi connectivity index (χ1n) is 8.35. The lowest BCUT2D eigenvalue weighted by molar-refractivity contribution is -0.121. The van der Waals surface area contributed by atoms with Crippen molar-refractivity contribution in [3.8, 4) is 5.75 Å². The van der Waals surface area contributed by atoms with Crippen LogP contribution >= 0.6 is 0 Å². The lowest BCUT2D eigenvalue weighted by Crippen LogP contribution is -2.36. The number of hydrogen-bond acceptors (Lipinski definition) is 5. The number of halogens is 1. The van der Waals surface area contributed by atoms with Gasteiger partial charge >= 0.3 is 0 Å². The first kappa shape index (κ1) is 21.5.